The van der Waals surface area contributed by atoms with E-state index in [0.29, 0.717) is 6.04 Å². The maximum atomic E-state index is 12.5. The fourth-order valence-electron chi connectivity index (χ4n) is 2.80. The second-order valence-corrected chi connectivity index (χ2v) is 5.38. The van der Waals surface area contributed by atoms with Gasteiger partial charge in [-0.25, -0.2) is 0 Å². The zero-order valence-electron chi connectivity index (χ0n) is 11.8. The molecule has 0 bridgehead atoms. The van der Waals surface area contributed by atoms with Gasteiger partial charge in [-0.15, -0.1) is 0 Å². The number of aryl methyl sites for hydroxylation is 1. The van der Waals surface area contributed by atoms with Gasteiger partial charge in [0.15, 0.2) is 0 Å². The Kier molecular flexibility index (Phi) is 4.43. The summed E-state index contributed by atoms with van der Waals surface area (Å²) in [5, 5.41) is 0. The minimum Gasteiger partial charge on any atom is -0.339 e. The van der Waals surface area contributed by atoms with Crippen LogP contribution >= 0.6 is 0 Å². The predicted octanol–water partition coefficient (Wildman–Crippen LogP) is 2.69. The Balaban J connectivity index is 2.12. The highest BCUT2D eigenvalue weighted by molar-refractivity contribution is 5.95. The van der Waals surface area contributed by atoms with Crippen molar-refractivity contribution in [1.29, 1.82) is 0 Å². The summed E-state index contributed by atoms with van der Waals surface area (Å²) in [6.45, 7) is 1.95. The number of carbonyl (C=O) groups is 1. The van der Waals surface area contributed by atoms with Crippen LogP contribution in [0.1, 0.15) is 48.0 Å². The number of nitrogens with two attached hydrogens (primary N) is 1. The zero-order valence-corrected chi connectivity index (χ0v) is 11.8. The smallest absolute Gasteiger partial charge is 0.253 e. The SMILES string of the molecule is Cc1cc(C(=O)N(C)C2CCCCC2)ccc1NN. The number of hydrogen-bond donors (Lipinski definition) is 2. The van der Waals surface area contributed by atoms with Crippen molar-refractivity contribution < 1.29 is 4.79 Å². The fourth-order valence-corrected chi connectivity index (χ4v) is 2.80. The second kappa shape index (κ2) is 6.06. The van der Waals surface area contributed by atoms with Crippen LogP contribution in [0.15, 0.2) is 18.2 Å². The molecule has 0 saturated heterocycles. The monoisotopic (exact) mass is 261 g/mol. The Morgan fingerprint density at radius 1 is 1.32 bits per heavy atom. The molecular weight excluding hydrogens is 238 g/mol. The lowest BCUT2D eigenvalue weighted by Gasteiger charge is -2.31. The van der Waals surface area contributed by atoms with E-state index >= 15 is 0 Å². The summed E-state index contributed by atoms with van der Waals surface area (Å²) >= 11 is 0. The molecule has 0 unspecified atom stereocenters. The van der Waals surface area contributed by atoms with Crippen molar-refractivity contribution in [3.05, 3.63) is 29.3 Å². The third-order valence-corrected chi connectivity index (χ3v) is 4.07. The molecule has 1 saturated carbocycles. The summed E-state index contributed by atoms with van der Waals surface area (Å²) in [7, 11) is 1.92. The molecule has 0 radical (unpaired) electrons. The number of amides is 1. The third-order valence-electron chi connectivity index (χ3n) is 4.07. The lowest BCUT2D eigenvalue weighted by Crippen LogP contribution is -2.38. The third kappa shape index (κ3) is 3.07. The lowest BCUT2D eigenvalue weighted by atomic mass is 9.94. The normalized spacial score (nSPS) is 16.2. The molecule has 4 nitrogen and oxygen atoms in total. The average molecular weight is 261 g/mol. The quantitative estimate of drug-likeness (QED) is 0.649. The summed E-state index contributed by atoms with van der Waals surface area (Å²) in [5.74, 6) is 5.52. The maximum Gasteiger partial charge on any atom is 0.253 e. The minimum atomic E-state index is 0.110. The van der Waals surface area contributed by atoms with E-state index in [4.69, 9.17) is 5.84 Å². The van der Waals surface area contributed by atoms with E-state index < -0.39 is 0 Å². The van der Waals surface area contributed by atoms with Gasteiger partial charge in [-0.05, 0) is 43.5 Å². The van der Waals surface area contributed by atoms with Gasteiger partial charge in [0.25, 0.3) is 5.91 Å². The Morgan fingerprint density at radius 2 is 2.00 bits per heavy atom. The molecule has 1 aromatic rings. The molecule has 1 fully saturated rings. The molecule has 0 aromatic heterocycles. The number of anilines is 1. The summed E-state index contributed by atoms with van der Waals surface area (Å²) in [6.07, 6.45) is 6.02. The van der Waals surface area contributed by atoms with Crippen LogP contribution in [0.3, 0.4) is 0 Å². The van der Waals surface area contributed by atoms with Crippen LogP contribution in [-0.4, -0.2) is 23.9 Å². The minimum absolute atomic E-state index is 0.110. The van der Waals surface area contributed by atoms with Crippen LogP contribution in [0.5, 0.6) is 0 Å². The maximum absolute atomic E-state index is 12.5. The first-order valence-corrected chi connectivity index (χ1v) is 6.98. The highest BCUT2D eigenvalue weighted by atomic mass is 16.2. The molecule has 104 valence electrons. The standard InChI is InChI=1S/C15H23N3O/c1-11-10-12(8-9-14(11)17-16)15(19)18(2)13-6-4-3-5-7-13/h8-10,13,17H,3-7,16H2,1-2H3. The van der Waals surface area contributed by atoms with Crippen molar-refractivity contribution in [1.82, 2.24) is 4.90 Å². The van der Waals surface area contributed by atoms with E-state index in [-0.39, 0.29) is 5.91 Å². The molecular formula is C15H23N3O. The van der Waals surface area contributed by atoms with Crippen molar-refractivity contribution >= 4 is 11.6 Å². The topological polar surface area (TPSA) is 58.4 Å². The molecule has 3 N–H and O–H groups in total. The number of benzene rings is 1. The van der Waals surface area contributed by atoms with Crippen molar-refractivity contribution in [2.75, 3.05) is 12.5 Å². The Bertz CT molecular complexity index is 453. The van der Waals surface area contributed by atoms with E-state index in [0.717, 1.165) is 29.7 Å². The molecule has 2 rings (SSSR count). The molecule has 19 heavy (non-hydrogen) atoms. The van der Waals surface area contributed by atoms with E-state index in [9.17, 15) is 4.79 Å². The average Bonchev–Trinajstić information content (AvgIpc) is 2.46. The molecule has 1 amide bonds. The van der Waals surface area contributed by atoms with Gasteiger partial charge in [-0.2, -0.15) is 0 Å². The molecule has 0 spiro atoms. The Hall–Kier alpha value is -1.55. The van der Waals surface area contributed by atoms with Crippen LogP contribution in [0.25, 0.3) is 0 Å². The molecule has 1 aromatic carbocycles. The van der Waals surface area contributed by atoms with E-state index in [2.05, 4.69) is 5.43 Å². The van der Waals surface area contributed by atoms with Gasteiger partial charge in [0.1, 0.15) is 0 Å². The van der Waals surface area contributed by atoms with E-state index in [1.165, 1.54) is 19.3 Å². The van der Waals surface area contributed by atoms with Crippen LogP contribution < -0.4 is 11.3 Å². The number of hydrazine groups is 1. The van der Waals surface area contributed by atoms with E-state index in [1.807, 2.05) is 37.1 Å². The lowest BCUT2D eigenvalue weighted by molar-refractivity contribution is 0.0696. The van der Waals surface area contributed by atoms with Gasteiger partial charge in [0, 0.05) is 18.7 Å². The number of nitrogens with one attached hydrogen (secondary N) is 1. The number of hydrogen-bond acceptors (Lipinski definition) is 3. The first-order chi connectivity index (χ1) is 9.13. The summed E-state index contributed by atoms with van der Waals surface area (Å²) < 4.78 is 0. The van der Waals surface area contributed by atoms with Gasteiger partial charge in [0.05, 0.1) is 5.69 Å². The molecule has 0 atom stereocenters. The van der Waals surface area contributed by atoms with Crippen LogP contribution in [0, 0.1) is 6.92 Å². The van der Waals surface area contributed by atoms with Crippen molar-refractivity contribution in [3.8, 4) is 0 Å². The molecule has 0 heterocycles. The molecule has 4 heteroatoms. The molecule has 0 aliphatic heterocycles. The number of nitrogens with zero attached hydrogens (tertiary/aromatic N) is 1. The van der Waals surface area contributed by atoms with Gasteiger partial charge >= 0.3 is 0 Å². The summed E-state index contributed by atoms with van der Waals surface area (Å²) in [6, 6.07) is 5.99. The molecule has 1 aliphatic rings. The summed E-state index contributed by atoms with van der Waals surface area (Å²) in [4.78, 5) is 14.4. The highest BCUT2D eigenvalue weighted by Crippen LogP contribution is 2.24. The fraction of sp³-hybridized carbons (Fsp3) is 0.533. The highest BCUT2D eigenvalue weighted by Gasteiger charge is 2.23. The van der Waals surface area contributed by atoms with Crippen LogP contribution in [0.2, 0.25) is 0 Å². The number of nitrogen functional groups attached to an aromatic ring is 1. The van der Waals surface area contributed by atoms with E-state index in [1.54, 1.807) is 0 Å². The zero-order chi connectivity index (χ0) is 13.8. The Morgan fingerprint density at radius 3 is 2.58 bits per heavy atom. The van der Waals surface area contributed by atoms with Crippen molar-refractivity contribution in [2.24, 2.45) is 5.84 Å². The predicted molar refractivity (Wildman–Crippen MR) is 78.0 cm³/mol. The largest absolute Gasteiger partial charge is 0.339 e. The van der Waals surface area contributed by atoms with Crippen molar-refractivity contribution in [3.63, 3.8) is 0 Å². The number of carbonyl (C=O) groups excluding carboxylic acids is 1. The van der Waals surface area contributed by atoms with Gasteiger partial charge in [-0.3, -0.25) is 10.6 Å². The molecule has 1 aliphatic carbocycles. The second-order valence-electron chi connectivity index (χ2n) is 5.38. The summed E-state index contributed by atoms with van der Waals surface area (Å²) in [5.41, 5.74) is 5.22. The van der Waals surface area contributed by atoms with Crippen LogP contribution in [-0.2, 0) is 0 Å². The first kappa shape index (κ1) is 13.9. The Labute approximate surface area is 114 Å². The van der Waals surface area contributed by atoms with Crippen molar-refractivity contribution in [2.45, 2.75) is 45.1 Å². The van der Waals surface area contributed by atoms with Gasteiger partial charge < -0.3 is 10.3 Å². The first-order valence-electron chi connectivity index (χ1n) is 6.98. The number of rotatable bonds is 3. The van der Waals surface area contributed by atoms with Gasteiger partial charge in [0.2, 0.25) is 0 Å². The van der Waals surface area contributed by atoms with Crippen LogP contribution in [0.4, 0.5) is 5.69 Å². The van der Waals surface area contributed by atoms with Gasteiger partial charge in [-0.1, -0.05) is 19.3 Å².